The van der Waals surface area contributed by atoms with E-state index in [2.05, 4.69) is 87.0 Å². The predicted octanol–water partition coefficient (Wildman–Crippen LogP) is 8.85. The third-order valence-corrected chi connectivity index (χ3v) is 23.8. The lowest BCUT2D eigenvalue weighted by atomic mass is 10.0. The SMILES string of the molecule is Cc1cc(C)c(CSCCNS(=O)(=O)C2=NCc3ncccc32)c(C)c1.O=S(=O)(C1=NCc2ncccc21)N1C[C@H]2C[C@@H]1CO2.O=S(=O)(NCCSc1ccc(F)cc1)C1=NCc2ncccc21.O=S(=O)(NCc1ccc(Oc2ccc(F)cc2)cc1)C1=NCc2ncccc21. The average Bonchev–Trinajstić information content (AvgIpc) is 1.60. The number of fused-ring (bicyclic) bond motifs is 6. The van der Waals surface area contributed by atoms with Crippen LogP contribution in [0, 0.1) is 32.4 Å². The monoisotopic (exact) mass is 1420 g/mol. The Labute approximate surface area is 565 Å². The number of aliphatic imine (C=N–C) groups is 4. The van der Waals surface area contributed by atoms with Gasteiger partial charge in [-0.2, -0.15) is 16.1 Å². The van der Waals surface area contributed by atoms with Gasteiger partial charge in [0.05, 0.1) is 67.7 Å². The molecule has 2 fully saturated rings. The molecular weight excluding hydrogens is 1350 g/mol. The van der Waals surface area contributed by atoms with Gasteiger partial charge in [-0.05, 0) is 159 Å². The highest BCUT2D eigenvalue weighted by Gasteiger charge is 2.48. The molecule has 0 amide bonds. The van der Waals surface area contributed by atoms with Gasteiger partial charge in [-0.25, -0.2) is 56.6 Å². The number of benzene rings is 4. The van der Waals surface area contributed by atoms with Crippen LogP contribution >= 0.6 is 23.5 Å². The molecule has 2 atom stereocenters. The molecule has 14 rings (SSSR count). The molecule has 0 unspecified atom stereocenters. The van der Waals surface area contributed by atoms with Crippen LogP contribution in [-0.4, -0.2) is 128 Å². The minimum absolute atomic E-state index is 0.0202. The maximum Gasteiger partial charge on any atom is 0.261 e. The van der Waals surface area contributed by atoms with E-state index in [0.29, 0.717) is 95.1 Å². The first-order chi connectivity index (χ1) is 46.1. The second-order valence-corrected chi connectivity index (χ2v) is 31.6. The van der Waals surface area contributed by atoms with Crippen LogP contribution in [0.15, 0.2) is 183 Å². The number of nitrogens with one attached hydrogen (secondary N) is 3. The smallest absolute Gasteiger partial charge is 0.261 e. The van der Waals surface area contributed by atoms with Crippen LogP contribution < -0.4 is 18.9 Å². The summed E-state index contributed by atoms with van der Waals surface area (Å²) < 4.78 is 146. The fraction of sp³-hybridized carbons (Fsp3) is 0.273. The highest BCUT2D eigenvalue weighted by atomic mass is 32.2. The topological polar surface area (TPSA) is 295 Å². The Morgan fingerprint density at radius 3 is 1.43 bits per heavy atom. The maximum absolute atomic E-state index is 12.9. The minimum Gasteiger partial charge on any atom is -0.457 e. The summed E-state index contributed by atoms with van der Waals surface area (Å²) in [5.74, 6) is 2.59. The molecule has 96 heavy (non-hydrogen) atoms. The van der Waals surface area contributed by atoms with Gasteiger partial charge in [-0.3, -0.25) is 39.9 Å². The Morgan fingerprint density at radius 1 is 0.542 bits per heavy atom. The third kappa shape index (κ3) is 16.9. The van der Waals surface area contributed by atoms with Crippen molar-refractivity contribution in [3.63, 3.8) is 0 Å². The van der Waals surface area contributed by atoms with Crippen molar-refractivity contribution in [2.45, 2.75) is 82.7 Å². The van der Waals surface area contributed by atoms with Gasteiger partial charge in [-0.1, -0.05) is 29.8 Å². The van der Waals surface area contributed by atoms with Crippen molar-refractivity contribution in [3.05, 3.63) is 243 Å². The molecule has 0 radical (unpaired) electrons. The summed E-state index contributed by atoms with van der Waals surface area (Å²) in [5, 5.41) is 0.346. The van der Waals surface area contributed by atoms with Crippen molar-refractivity contribution in [2.75, 3.05) is 37.7 Å². The molecule has 30 heteroatoms. The molecular formula is C66H66F2N12O10S6. The fourth-order valence-corrected chi connectivity index (χ4v) is 18.6. The molecule has 500 valence electrons. The van der Waals surface area contributed by atoms with E-state index in [9.17, 15) is 42.5 Å². The summed E-state index contributed by atoms with van der Waals surface area (Å²) >= 11 is 3.18. The molecule has 6 aliphatic heterocycles. The van der Waals surface area contributed by atoms with Crippen LogP contribution in [-0.2, 0) is 83.3 Å². The number of sulfonamides is 4. The number of hydrogen-bond acceptors (Lipinski definition) is 20. The summed E-state index contributed by atoms with van der Waals surface area (Å²) in [6.45, 7) is 9.29. The zero-order chi connectivity index (χ0) is 67.6. The summed E-state index contributed by atoms with van der Waals surface area (Å²) in [7, 11) is -14.5. The zero-order valence-corrected chi connectivity index (χ0v) is 57.1. The summed E-state index contributed by atoms with van der Waals surface area (Å²) in [6, 6.07) is 36.9. The van der Waals surface area contributed by atoms with Crippen molar-refractivity contribution in [3.8, 4) is 11.5 Å². The maximum atomic E-state index is 12.9. The summed E-state index contributed by atoms with van der Waals surface area (Å²) in [5.41, 5.74) is 11.1. The van der Waals surface area contributed by atoms with Crippen molar-refractivity contribution < 1.29 is 51.9 Å². The van der Waals surface area contributed by atoms with Gasteiger partial charge >= 0.3 is 0 Å². The molecule has 3 N–H and O–H groups in total. The number of aromatic nitrogens is 4. The molecule has 4 aromatic heterocycles. The van der Waals surface area contributed by atoms with E-state index in [1.54, 1.807) is 126 Å². The van der Waals surface area contributed by atoms with Gasteiger partial charge in [0.25, 0.3) is 40.1 Å². The van der Waals surface area contributed by atoms with Gasteiger partial charge in [0.15, 0.2) is 20.2 Å². The molecule has 10 heterocycles. The van der Waals surface area contributed by atoms with Gasteiger partial charge in [0, 0.05) is 95.4 Å². The fourth-order valence-electron chi connectivity index (χ4n) is 11.1. The molecule has 4 aromatic carbocycles. The van der Waals surface area contributed by atoms with Crippen molar-refractivity contribution in [1.29, 1.82) is 0 Å². The molecule has 2 bridgehead atoms. The summed E-state index contributed by atoms with van der Waals surface area (Å²) in [6.07, 6.45) is 7.41. The Kier molecular flexibility index (Phi) is 22.2. The quantitative estimate of drug-likeness (QED) is 0.0566. The van der Waals surface area contributed by atoms with Gasteiger partial charge < -0.3 is 9.47 Å². The van der Waals surface area contributed by atoms with Crippen LogP contribution in [0.25, 0.3) is 0 Å². The third-order valence-electron chi connectivity index (χ3n) is 15.7. The van der Waals surface area contributed by atoms with Crippen LogP contribution in [0.1, 0.15) is 79.3 Å². The second kappa shape index (κ2) is 30.7. The van der Waals surface area contributed by atoms with E-state index >= 15 is 0 Å². The van der Waals surface area contributed by atoms with E-state index in [0.717, 1.165) is 28.3 Å². The Morgan fingerprint density at radius 2 is 0.969 bits per heavy atom. The van der Waals surface area contributed by atoms with E-state index < -0.39 is 40.1 Å². The van der Waals surface area contributed by atoms with Gasteiger partial charge in [0.2, 0.25) is 0 Å². The van der Waals surface area contributed by atoms with Crippen molar-refractivity contribution in [1.82, 2.24) is 38.4 Å². The standard InChI is InChI=1S/C20H16FN3O3S.C19H23N3O2S2.C15H14FN3O2S2.C12H13N3O3S/c21-15-5-9-17(10-6-15)27-16-7-3-14(4-8-16)12-24-28(25,26)20-18-2-1-11-22-19(18)13-23-20;1-13-9-14(2)17(15(3)10-13)12-25-8-7-22-26(23,24)19-16-5-4-6-20-18(16)11-21-19;16-11-3-5-12(6-4-11)22-9-8-19-23(20,21)15-13-2-1-7-17-14(13)10-18-15;16-19(17,15-6-9-4-8(15)7-18-9)12-10-2-1-3-13-11(10)5-14-12/h1-11,24H,12-13H2;4-6,9-10,22H,7-8,11-12H2,1-3H3;1-7,19H,8-10H2;1-3,8-9H,4-7H2/t;;;8-,9-/m...1/s1. The first-order valence-electron chi connectivity index (χ1n) is 30.2. The molecule has 8 aromatic rings. The lowest BCUT2D eigenvalue weighted by Crippen LogP contribution is -2.44. The lowest BCUT2D eigenvalue weighted by molar-refractivity contribution is 0.0615. The first-order valence-corrected chi connectivity index (χ1v) is 38.3. The number of pyridine rings is 4. The first kappa shape index (κ1) is 69.5. The molecule has 6 aliphatic rings. The molecule has 0 aliphatic carbocycles. The largest absolute Gasteiger partial charge is 0.457 e. The van der Waals surface area contributed by atoms with Gasteiger partial charge in [0.1, 0.15) is 23.1 Å². The van der Waals surface area contributed by atoms with E-state index in [4.69, 9.17) is 9.47 Å². The lowest BCUT2D eigenvalue weighted by Gasteiger charge is -2.25. The van der Waals surface area contributed by atoms with Crippen molar-refractivity contribution >= 4 is 83.8 Å². The van der Waals surface area contributed by atoms with Crippen LogP contribution in [0.4, 0.5) is 8.78 Å². The Hall–Kier alpha value is -7.88. The zero-order valence-electron chi connectivity index (χ0n) is 52.2. The van der Waals surface area contributed by atoms with E-state index in [1.165, 1.54) is 70.4 Å². The number of morpholine rings is 1. The predicted molar refractivity (Wildman–Crippen MR) is 368 cm³/mol. The minimum atomic E-state index is -3.74. The second-order valence-electron chi connectivity index (χ2n) is 22.4. The Balaban J connectivity index is 0.000000131. The molecule has 2 saturated heterocycles. The number of aryl methyl sites for hydroxylation is 3. The van der Waals surface area contributed by atoms with Gasteiger partial charge in [-0.15, -0.1) is 11.8 Å². The number of halogens is 2. The highest BCUT2D eigenvalue weighted by molar-refractivity contribution is 8.06. The highest BCUT2D eigenvalue weighted by Crippen LogP contribution is 2.34. The normalized spacial score (nSPS) is 16.6. The number of rotatable bonds is 17. The van der Waals surface area contributed by atoms with E-state index in [1.807, 2.05) is 0 Å². The molecule has 0 spiro atoms. The molecule has 22 nitrogen and oxygen atoms in total. The number of nitrogens with zero attached hydrogens (tertiary/aromatic N) is 9. The molecule has 0 saturated carbocycles. The van der Waals surface area contributed by atoms with E-state index in [-0.39, 0.29) is 70.1 Å². The average molecular weight is 1420 g/mol. The number of ether oxygens (including phenoxy) is 2. The Bertz CT molecular complexity index is 4760. The number of thioether (sulfide) groups is 2. The van der Waals surface area contributed by atoms with Crippen LogP contribution in [0.3, 0.4) is 0 Å². The number of hydrogen-bond donors (Lipinski definition) is 3. The van der Waals surface area contributed by atoms with Crippen molar-refractivity contribution in [2.24, 2.45) is 20.0 Å². The summed E-state index contributed by atoms with van der Waals surface area (Å²) in [4.78, 5) is 34.0. The van der Waals surface area contributed by atoms with Crippen LogP contribution in [0.5, 0.6) is 11.5 Å². The van der Waals surface area contributed by atoms with Crippen LogP contribution in [0.2, 0.25) is 0 Å².